The van der Waals surface area contributed by atoms with E-state index >= 15 is 0 Å². The molecule has 3 rings (SSSR count). The number of amides is 1. The van der Waals surface area contributed by atoms with Gasteiger partial charge in [0.05, 0.1) is 14.8 Å². The Morgan fingerprint density at radius 3 is 2.48 bits per heavy atom. The van der Waals surface area contributed by atoms with Crippen LogP contribution in [0.4, 0.5) is 13.2 Å². The van der Waals surface area contributed by atoms with Crippen LogP contribution in [-0.2, 0) is 6.18 Å². The molecule has 0 saturated carbocycles. The number of hydrogen-bond donors (Lipinski definition) is 0. The molecule has 0 aliphatic carbocycles. The number of likely N-dealkylation sites (tertiary alicyclic amines) is 1. The fourth-order valence-electron chi connectivity index (χ4n) is 2.55. The number of piperidine rings is 1. The highest BCUT2D eigenvalue weighted by Gasteiger charge is 2.31. The van der Waals surface area contributed by atoms with Crippen molar-refractivity contribution < 1.29 is 22.7 Å². The number of halogens is 4. The zero-order valence-electron chi connectivity index (χ0n) is 12.9. The van der Waals surface area contributed by atoms with Gasteiger partial charge in [-0.05, 0) is 18.2 Å². The van der Waals surface area contributed by atoms with Crippen LogP contribution in [0.3, 0.4) is 0 Å². The van der Waals surface area contributed by atoms with Crippen LogP contribution >= 0.6 is 22.9 Å². The minimum absolute atomic E-state index is 0.0667. The summed E-state index contributed by atoms with van der Waals surface area (Å²) in [4.78, 5) is 18.4. The van der Waals surface area contributed by atoms with Gasteiger partial charge in [0, 0.05) is 38.2 Å². The number of carbonyl (C=O) groups excluding carboxylic acids is 1. The summed E-state index contributed by atoms with van der Waals surface area (Å²) in [5.74, 6) is 0.0887. The lowest BCUT2D eigenvalue weighted by atomic mass is 10.1. The smallest absolute Gasteiger partial charge is 0.417 e. The van der Waals surface area contributed by atoms with Crippen molar-refractivity contribution in [1.82, 2.24) is 9.88 Å². The second-order valence-electron chi connectivity index (χ2n) is 5.60. The van der Waals surface area contributed by atoms with Crippen molar-refractivity contribution in [2.24, 2.45) is 0 Å². The van der Waals surface area contributed by atoms with E-state index in [1.165, 1.54) is 17.4 Å². The lowest BCUT2D eigenvalue weighted by Crippen LogP contribution is -2.41. The van der Waals surface area contributed by atoms with Gasteiger partial charge in [-0.3, -0.25) is 4.79 Å². The molecule has 0 atom stereocenters. The molecule has 9 heteroatoms. The number of nitrogens with zero attached hydrogens (tertiary/aromatic N) is 2. The van der Waals surface area contributed by atoms with Crippen molar-refractivity contribution in [3.05, 3.63) is 45.2 Å². The Labute approximate surface area is 151 Å². The van der Waals surface area contributed by atoms with Crippen LogP contribution in [0.5, 0.6) is 5.88 Å². The molecule has 1 saturated heterocycles. The Bertz CT molecular complexity index is 741. The SMILES string of the molecule is O=C(c1ccc(Cl)s1)N1CCC(Oc2ccc(C(F)(F)F)cn2)CC1. The minimum Gasteiger partial charge on any atom is -0.474 e. The second-order valence-corrected chi connectivity index (χ2v) is 7.31. The summed E-state index contributed by atoms with van der Waals surface area (Å²) >= 11 is 7.08. The van der Waals surface area contributed by atoms with Crippen LogP contribution in [-0.4, -0.2) is 35.0 Å². The van der Waals surface area contributed by atoms with Crippen LogP contribution < -0.4 is 4.74 Å². The maximum absolute atomic E-state index is 12.5. The highest BCUT2D eigenvalue weighted by Crippen LogP contribution is 2.30. The molecule has 134 valence electrons. The summed E-state index contributed by atoms with van der Waals surface area (Å²) in [5.41, 5.74) is -0.810. The summed E-state index contributed by atoms with van der Waals surface area (Å²) < 4.78 is 43.7. The van der Waals surface area contributed by atoms with Gasteiger partial charge < -0.3 is 9.64 Å². The Morgan fingerprint density at radius 1 is 1.24 bits per heavy atom. The average molecular weight is 391 g/mol. The van der Waals surface area contributed by atoms with E-state index in [4.69, 9.17) is 16.3 Å². The maximum atomic E-state index is 12.5. The van der Waals surface area contributed by atoms with Crippen molar-refractivity contribution in [2.45, 2.75) is 25.1 Å². The normalized spacial score (nSPS) is 16.1. The summed E-state index contributed by atoms with van der Waals surface area (Å²) in [7, 11) is 0. The topological polar surface area (TPSA) is 42.4 Å². The van der Waals surface area contributed by atoms with E-state index < -0.39 is 11.7 Å². The molecular formula is C16H14ClF3N2O2S. The Morgan fingerprint density at radius 2 is 1.96 bits per heavy atom. The number of alkyl halides is 3. The third kappa shape index (κ3) is 4.43. The molecule has 0 radical (unpaired) electrons. The molecule has 2 aromatic rings. The molecule has 4 nitrogen and oxygen atoms in total. The summed E-state index contributed by atoms with van der Waals surface area (Å²) in [6.07, 6.45) is -2.66. The zero-order valence-corrected chi connectivity index (χ0v) is 14.5. The molecule has 1 aliphatic heterocycles. The van der Waals surface area contributed by atoms with Crippen LogP contribution in [0, 0.1) is 0 Å². The summed E-state index contributed by atoms with van der Waals surface area (Å²) in [5, 5.41) is 0. The standard InChI is InChI=1S/C16H14ClF3N2O2S/c17-13-3-2-12(25-13)15(23)22-7-5-11(6-8-22)24-14-4-1-10(9-21-14)16(18,19)20/h1-4,9,11H,5-8H2. The van der Waals surface area contributed by atoms with Crippen molar-refractivity contribution in [2.75, 3.05) is 13.1 Å². The molecule has 0 spiro atoms. The Hall–Kier alpha value is -1.80. The highest BCUT2D eigenvalue weighted by atomic mass is 35.5. The lowest BCUT2D eigenvalue weighted by molar-refractivity contribution is -0.137. The second kappa shape index (κ2) is 7.21. The van der Waals surface area contributed by atoms with E-state index in [9.17, 15) is 18.0 Å². The van der Waals surface area contributed by atoms with Crippen molar-refractivity contribution in [3.63, 3.8) is 0 Å². The van der Waals surface area contributed by atoms with Crippen LogP contribution in [0.25, 0.3) is 0 Å². The molecule has 0 bridgehead atoms. The van der Waals surface area contributed by atoms with Crippen LogP contribution in [0.15, 0.2) is 30.5 Å². The van der Waals surface area contributed by atoms with E-state index in [1.807, 2.05) is 0 Å². The van der Waals surface area contributed by atoms with Crippen molar-refractivity contribution in [3.8, 4) is 5.88 Å². The summed E-state index contributed by atoms with van der Waals surface area (Å²) in [6, 6.07) is 5.55. The number of pyridine rings is 1. The molecule has 2 aromatic heterocycles. The number of hydrogen-bond acceptors (Lipinski definition) is 4. The fourth-order valence-corrected chi connectivity index (χ4v) is 3.56. The molecule has 0 unspecified atom stereocenters. The predicted octanol–water partition coefficient (Wildman–Crippen LogP) is 4.50. The first-order valence-corrected chi connectivity index (χ1v) is 8.77. The van der Waals surface area contributed by atoms with E-state index in [-0.39, 0.29) is 17.9 Å². The molecule has 1 fully saturated rings. The predicted molar refractivity (Wildman–Crippen MR) is 88.1 cm³/mol. The molecular weight excluding hydrogens is 377 g/mol. The third-order valence-electron chi connectivity index (χ3n) is 3.86. The van der Waals surface area contributed by atoms with Gasteiger partial charge in [0.15, 0.2) is 0 Å². The molecule has 1 amide bonds. The van der Waals surface area contributed by atoms with Gasteiger partial charge in [0.2, 0.25) is 5.88 Å². The molecule has 3 heterocycles. The number of rotatable bonds is 3. The average Bonchev–Trinajstić information content (AvgIpc) is 3.01. The zero-order chi connectivity index (χ0) is 18.0. The van der Waals surface area contributed by atoms with Gasteiger partial charge >= 0.3 is 6.18 Å². The van der Waals surface area contributed by atoms with E-state index in [1.54, 1.807) is 17.0 Å². The molecule has 0 aromatic carbocycles. The number of thiophene rings is 1. The Kier molecular flexibility index (Phi) is 5.19. The quantitative estimate of drug-likeness (QED) is 0.775. The summed E-state index contributed by atoms with van der Waals surface area (Å²) in [6.45, 7) is 1.03. The van der Waals surface area contributed by atoms with Gasteiger partial charge in [-0.1, -0.05) is 11.6 Å². The first kappa shape index (κ1) is 18.0. The van der Waals surface area contributed by atoms with Crippen molar-refractivity contribution in [1.29, 1.82) is 0 Å². The first-order valence-electron chi connectivity index (χ1n) is 7.57. The van der Waals surface area contributed by atoms with Crippen LogP contribution in [0.2, 0.25) is 4.34 Å². The minimum atomic E-state index is -4.41. The largest absolute Gasteiger partial charge is 0.474 e. The fraction of sp³-hybridized carbons (Fsp3) is 0.375. The monoisotopic (exact) mass is 390 g/mol. The molecule has 1 aliphatic rings. The van der Waals surface area contributed by atoms with E-state index in [0.29, 0.717) is 35.1 Å². The van der Waals surface area contributed by atoms with E-state index in [2.05, 4.69) is 4.98 Å². The molecule has 25 heavy (non-hydrogen) atoms. The van der Waals surface area contributed by atoms with Gasteiger partial charge in [-0.15, -0.1) is 11.3 Å². The lowest BCUT2D eigenvalue weighted by Gasteiger charge is -2.31. The van der Waals surface area contributed by atoms with Crippen molar-refractivity contribution >= 4 is 28.8 Å². The van der Waals surface area contributed by atoms with Crippen LogP contribution in [0.1, 0.15) is 28.1 Å². The van der Waals surface area contributed by atoms with E-state index in [0.717, 1.165) is 12.3 Å². The third-order valence-corrected chi connectivity index (χ3v) is 5.08. The first-order chi connectivity index (χ1) is 11.8. The number of carbonyl (C=O) groups is 1. The number of ether oxygens (including phenoxy) is 1. The van der Waals surface area contributed by atoms with Gasteiger partial charge in [0.25, 0.3) is 5.91 Å². The molecule has 0 N–H and O–H groups in total. The Balaban J connectivity index is 1.53. The van der Waals surface area contributed by atoms with Gasteiger partial charge in [-0.2, -0.15) is 13.2 Å². The highest BCUT2D eigenvalue weighted by molar-refractivity contribution is 7.17. The number of aromatic nitrogens is 1. The van der Waals surface area contributed by atoms with Gasteiger partial charge in [0.1, 0.15) is 6.10 Å². The van der Waals surface area contributed by atoms with Gasteiger partial charge in [-0.25, -0.2) is 4.98 Å². The maximum Gasteiger partial charge on any atom is 0.417 e.